The quantitative estimate of drug-likeness (QED) is 0.0261. The summed E-state index contributed by atoms with van der Waals surface area (Å²) in [5.74, 6) is 3.81. The zero-order chi connectivity index (χ0) is 55.7. The first-order valence-electron chi connectivity index (χ1n) is 24.8. The minimum absolute atomic E-state index is 0.0435. The number of alkyl carbamates (subject to hydrolysis) is 1. The summed E-state index contributed by atoms with van der Waals surface area (Å²) in [6.07, 6.45) is 3.84. The number of piperazine rings is 1. The second-order valence-corrected chi connectivity index (χ2v) is 20.3. The van der Waals surface area contributed by atoms with E-state index in [1.54, 1.807) is 20.0 Å². The number of nitrogens with two attached hydrogens (primary N) is 2. The van der Waals surface area contributed by atoms with Gasteiger partial charge >= 0.3 is 18.6 Å². The van der Waals surface area contributed by atoms with Crippen molar-refractivity contribution in [2.75, 3.05) is 65.3 Å². The number of halogens is 5. The molecular formula is C54H70F5N9O8. The van der Waals surface area contributed by atoms with E-state index in [-0.39, 0.29) is 42.6 Å². The van der Waals surface area contributed by atoms with Gasteiger partial charge in [-0.25, -0.2) is 19.2 Å². The van der Waals surface area contributed by atoms with Crippen molar-refractivity contribution in [1.82, 2.24) is 25.8 Å². The van der Waals surface area contributed by atoms with Crippen LogP contribution in [-0.4, -0.2) is 148 Å². The van der Waals surface area contributed by atoms with Crippen LogP contribution < -0.4 is 32.3 Å². The highest BCUT2D eigenvalue weighted by atomic mass is 19.3. The van der Waals surface area contributed by atoms with Crippen molar-refractivity contribution in [2.45, 2.75) is 103 Å². The van der Waals surface area contributed by atoms with Crippen LogP contribution in [0, 0.1) is 34.4 Å². The predicted molar refractivity (Wildman–Crippen MR) is 277 cm³/mol. The van der Waals surface area contributed by atoms with Crippen LogP contribution in [0.15, 0.2) is 72.0 Å². The van der Waals surface area contributed by atoms with Crippen molar-refractivity contribution < 1.29 is 60.4 Å². The molecule has 3 saturated heterocycles. The number of nitrogens with zero attached hydrogens (tertiary/aromatic N) is 4. The fraction of sp³-hybridized carbons (Fsp3) is 0.519. The molecule has 8 N–H and O–H groups in total. The van der Waals surface area contributed by atoms with Crippen molar-refractivity contribution in [2.24, 2.45) is 33.2 Å². The molecule has 76 heavy (non-hydrogen) atoms. The third-order valence-electron chi connectivity index (χ3n) is 13.8. The summed E-state index contributed by atoms with van der Waals surface area (Å²) in [4.78, 5) is 60.6. The lowest BCUT2D eigenvalue weighted by molar-refractivity contribution is -0.146. The summed E-state index contributed by atoms with van der Waals surface area (Å²) < 4.78 is 81.5. The third-order valence-corrected chi connectivity index (χ3v) is 13.8. The normalized spacial score (nSPS) is 18.5. The highest BCUT2D eigenvalue weighted by Crippen LogP contribution is 2.35. The maximum Gasteiger partial charge on any atom is 0.407 e. The number of methoxy groups -OCH3 is 2. The number of hydrogen-bond acceptors (Lipinski definition) is 14. The molecule has 3 aliphatic heterocycles. The average Bonchev–Trinajstić information content (AvgIpc) is 3.61. The summed E-state index contributed by atoms with van der Waals surface area (Å²) in [7, 11) is 2.33. The molecule has 0 radical (unpaired) electrons. The molecule has 2 bridgehead atoms. The first kappa shape index (κ1) is 60.2. The predicted octanol–water partition coefficient (Wildman–Crippen LogP) is 4.81. The van der Waals surface area contributed by atoms with Gasteiger partial charge in [0.05, 0.1) is 71.3 Å². The Morgan fingerprint density at radius 1 is 0.921 bits per heavy atom. The number of allylic oxidation sites excluding steroid dienone is 1. The number of anilines is 1. The van der Waals surface area contributed by atoms with Crippen LogP contribution in [0.2, 0.25) is 0 Å². The highest BCUT2D eigenvalue weighted by Gasteiger charge is 2.45. The van der Waals surface area contributed by atoms with E-state index in [1.807, 2.05) is 36.4 Å². The van der Waals surface area contributed by atoms with Gasteiger partial charge in [-0.1, -0.05) is 63.8 Å². The van der Waals surface area contributed by atoms with Crippen molar-refractivity contribution in [3.8, 4) is 11.8 Å². The summed E-state index contributed by atoms with van der Waals surface area (Å²) in [6, 6.07) is 14.6. The average molecular weight is 1070 g/mol. The van der Waals surface area contributed by atoms with Crippen LogP contribution in [0.25, 0.3) is 5.57 Å². The molecule has 2 unspecified atom stereocenters. The largest absolute Gasteiger partial charge is 0.469 e. The number of pyridine rings is 1. The number of hydrogen-bond donors (Lipinski definition) is 6. The second kappa shape index (κ2) is 27.9. The van der Waals surface area contributed by atoms with E-state index in [1.165, 1.54) is 45.9 Å². The Hall–Kier alpha value is -6.67. The highest BCUT2D eigenvalue weighted by molar-refractivity contribution is 6.09. The van der Waals surface area contributed by atoms with Gasteiger partial charge in [0.25, 0.3) is 0 Å². The number of ether oxygens (including phenoxy) is 3. The van der Waals surface area contributed by atoms with Gasteiger partial charge in [-0.05, 0) is 60.7 Å². The maximum absolute atomic E-state index is 15.1. The third kappa shape index (κ3) is 16.7. The SMILES string of the molecule is COC(=O)C[C@H](C(N)=O)C(C)(C)CF.COC(=O)N[C@H](C(=O)N[C@@H](Cc1ccc(C#Cc2ccc(N3CC4CCC(C3)N4C3COC3)nc2)cc1)[C@@H](O)CNCc1ccc(C(C=NC(F)F)=CN)cc1F)C(C)(C)CF. The molecule has 4 heterocycles. The maximum atomic E-state index is 15.1. The van der Waals surface area contributed by atoms with Crippen LogP contribution in [0.4, 0.5) is 32.6 Å². The van der Waals surface area contributed by atoms with Crippen molar-refractivity contribution in [3.05, 3.63) is 101 Å². The number of carbonyl (C=O) groups excluding carboxylic acids is 4. The fourth-order valence-electron chi connectivity index (χ4n) is 9.13. The smallest absolute Gasteiger partial charge is 0.407 e. The Balaban J connectivity index is 0.000000666. The molecule has 17 nitrogen and oxygen atoms in total. The van der Waals surface area contributed by atoms with Gasteiger partial charge in [0, 0.05) is 90.0 Å². The molecule has 6 rings (SSSR count). The molecule has 3 amide bonds. The number of amides is 3. The zero-order valence-corrected chi connectivity index (χ0v) is 43.7. The lowest BCUT2D eigenvalue weighted by Gasteiger charge is -2.47. The van der Waals surface area contributed by atoms with Gasteiger partial charge in [0.1, 0.15) is 17.7 Å². The van der Waals surface area contributed by atoms with Crippen LogP contribution in [0.1, 0.15) is 74.8 Å². The molecule has 3 aliphatic rings. The standard InChI is InChI=1S/C45H54F4N8O5.C9H16FNO3/c1-45(2,27-46)41(55-44(60)61-3)42(59)54-38(39(58)22-51-20-32-12-11-31(17-37(32)47)33(18-50)21-53-43(48)49)16-29-7-4-28(5-8-29)6-9-30-10-15-40(52-19-30)56-23-34-13-14-35(24-56)57(34)36-25-62-26-36;1-9(2,5-10)6(8(11)13)4-7(12)14-3/h4-5,7-8,10-12,15,17-19,21,34-36,38-39,41,43,51,58H,13-14,16,20,22-27,50H2,1-3H3,(H,54,59)(H,55,60);6H,4-5H2,1-3H3,(H2,11,13)/t34?,35?,38-,39-,41+;6-/m01/s1. The number of primary amides is 1. The van der Waals surface area contributed by atoms with Crippen LogP contribution >= 0.6 is 0 Å². The van der Waals surface area contributed by atoms with Crippen molar-refractivity contribution in [1.29, 1.82) is 0 Å². The minimum atomic E-state index is -2.95. The zero-order valence-electron chi connectivity index (χ0n) is 43.7. The number of rotatable bonds is 22. The van der Waals surface area contributed by atoms with E-state index in [4.69, 9.17) is 21.2 Å². The minimum Gasteiger partial charge on any atom is -0.469 e. The monoisotopic (exact) mass is 1070 g/mol. The molecule has 414 valence electrons. The topological polar surface area (TPSA) is 236 Å². The molecule has 22 heteroatoms. The summed E-state index contributed by atoms with van der Waals surface area (Å²) in [6.45, 7) is 4.82. The van der Waals surface area contributed by atoms with Crippen molar-refractivity contribution >= 4 is 41.5 Å². The lowest BCUT2D eigenvalue weighted by Crippen LogP contribution is -2.62. The van der Waals surface area contributed by atoms with E-state index < -0.39 is 84.5 Å². The molecule has 0 spiro atoms. The number of fused-ring (bicyclic) bond motifs is 2. The Kier molecular flexibility index (Phi) is 22.1. The molecular weight excluding hydrogens is 998 g/mol. The summed E-state index contributed by atoms with van der Waals surface area (Å²) in [5, 5.41) is 19.6. The van der Waals surface area contributed by atoms with Crippen LogP contribution in [-0.2, 0) is 41.6 Å². The Morgan fingerprint density at radius 2 is 1.57 bits per heavy atom. The molecule has 0 aliphatic carbocycles. The molecule has 3 fully saturated rings. The number of alkyl halides is 4. The fourth-order valence-corrected chi connectivity index (χ4v) is 9.13. The Bertz CT molecular complexity index is 2540. The molecule has 3 aromatic rings. The van der Waals surface area contributed by atoms with E-state index in [9.17, 15) is 41.8 Å². The van der Waals surface area contributed by atoms with E-state index in [0.29, 0.717) is 18.1 Å². The second-order valence-electron chi connectivity index (χ2n) is 20.3. The number of carbonyl (C=O) groups is 4. The van der Waals surface area contributed by atoms with Crippen LogP contribution in [0.5, 0.6) is 0 Å². The van der Waals surface area contributed by atoms with Crippen molar-refractivity contribution in [3.63, 3.8) is 0 Å². The van der Waals surface area contributed by atoms with Gasteiger partial charge in [0.15, 0.2) is 0 Å². The number of benzene rings is 2. The molecule has 1 aromatic heterocycles. The molecule has 0 saturated carbocycles. The lowest BCUT2D eigenvalue weighted by atomic mass is 9.77. The number of aliphatic hydroxyl groups is 1. The number of esters is 1. The van der Waals surface area contributed by atoms with Gasteiger partial charge in [-0.3, -0.25) is 28.1 Å². The molecule has 2 aromatic carbocycles. The first-order valence-corrected chi connectivity index (χ1v) is 24.8. The van der Waals surface area contributed by atoms with E-state index in [0.717, 1.165) is 74.4 Å². The molecule has 6 atom stereocenters. The summed E-state index contributed by atoms with van der Waals surface area (Å²) in [5.41, 5.74) is 11.1. The van der Waals surface area contributed by atoms with Gasteiger partial charge in [-0.15, -0.1) is 0 Å². The van der Waals surface area contributed by atoms with Gasteiger partial charge in [-0.2, -0.15) is 8.78 Å². The number of nitrogens with one attached hydrogen (secondary N) is 3. The number of aliphatic imine (C=N–C) groups is 1. The van der Waals surface area contributed by atoms with E-state index in [2.05, 4.69) is 52.1 Å². The van der Waals surface area contributed by atoms with Crippen LogP contribution in [0.3, 0.4) is 0 Å². The number of aromatic nitrogens is 1. The first-order chi connectivity index (χ1) is 36.1. The Morgan fingerprint density at radius 3 is 2.09 bits per heavy atom. The van der Waals surface area contributed by atoms with E-state index >= 15 is 4.39 Å². The van der Waals surface area contributed by atoms with Gasteiger partial charge < -0.3 is 51.6 Å². The Labute approximate surface area is 440 Å². The summed E-state index contributed by atoms with van der Waals surface area (Å²) >= 11 is 0. The number of aliphatic hydroxyl groups excluding tert-OH is 1. The van der Waals surface area contributed by atoms with Gasteiger partial charge in [0.2, 0.25) is 11.8 Å².